The van der Waals surface area contributed by atoms with Crippen LogP contribution in [0.5, 0.6) is 5.88 Å². The maximum Gasteiger partial charge on any atom is 0.213 e. The average molecular weight is 281 g/mol. The number of aromatic nitrogens is 3. The Morgan fingerprint density at radius 3 is 2.76 bits per heavy atom. The molecule has 106 valence electrons. The van der Waals surface area contributed by atoms with Gasteiger partial charge >= 0.3 is 0 Å². The molecule has 0 aliphatic heterocycles. The fraction of sp³-hybridized carbons (Fsp3) is 0.133. The molecule has 0 radical (unpaired) electrons. The molecule has 0 fully saturated rings. The minimum Gasteiger partial charge on any atom is -0.481 e. The summed E-state index contributed by atoms with van der Waals surface area (Å²) in [6, 6.07) is 9.22. The van der Waals surface area contributed by atoms with Gasteiger partial charge in [-0.2, -0.15) is 0 Å². The monoisotopic (exact) mass is 281 g/mol. The molecular formula is C15H15N5O. The first kappa shape index (κ1) is 13.1. The van der Waals surface area contributed by atoms with Crippen LogP contribution in [0.2, 0.25) is 0 Å². The van der Waals surface area contributed by atoms with Crippen LogP contribution < -0.4 is 15.8 Å². The molecule has 21 heavy (non-hydrogen) atoms. The van der Waals surface area contributed by atoms with Crippen molar-refractivity contribution in [3.63, 3.8) is 0 Å². The number of anilines is 2. The molecule has 0 unspecified atom stereocenters. The van der Waals surface area contributed by atoms with Crippen LogP contribution in [-0.4, -0.2) is 29.1 Å². The number of nitrogens with zero attached hydrogens (tertiary/aromatic N) is 3. The molecule has 6 nitrogen and oxygen atoms in total. The summed E-state index contributed by atoms with van der Waals surface area (Å²) in [5, 5.41) is 4.02. The molecule has 2 aromatic heterocycles. The zero-order valence-corrected chi connectivity index (χ0v) is 11.8. The fourth-order valence-electron chi connectivity index (χ4n) is 2.13. The Morgan fingerprint density at radius 1 is 1.14 bits per heavy atom. The van der Waals surface area contributed by atoms with Gasteiger partial charge in [-0.1, -0.05) is 0 Å². The highest BCUT2D eigenvalue weighted by Gasteiger charge is 2.10. The number of hydrogen-bond donors (Lipinski definition) is 2. The van der Waals surface area contributed by atoms with Crippen molar-refractivity contribution in [3.8, 4) is 17.3 Å². The smallest absolute Gasteiger partial charge is 0.213 e. The van der Waals surface area contributed by atoms with Gasteiger partial charge in [0.15, 0.2) is 5.82 Å². The average Bonchev–Trinajstić information content (AvgIpc) is 2.53. The zero-order valence-electron chi connectivity index (χ0n) is 11.8. The van der Waals surface area contributed by atoms with Crippen LogP contribution in [0.25, 0.3) is 22.3 Å². The lowest BCUT2D eigenvalue weighted by atomic mass is 10.2. The summed E-state index contributed by atoms with van der Waals surface area (Å²) < 4.78 is 5.14. The molecule has 0 spiro atoms. The van der Waals surface area contributed by atoms with Crippen LogP contribution in [0.4, 0.5) is 11.5 Å². The molecule has 1 aromatic carbocycles. The zero-order chi connectivity index (χ0) is 14.8. The Hall–Kier alpha value is -2.89. The highest BCUT2D eigenvalue weighted by Crippen LogP contribution is 2.27. The largest absolute Gasteiger partial charge is 0.481 e. The number of methoxy groups -OCH3 is 1. The summed E-state index contributed by atoms with van der Waals surface area (Å²) in [6.07, 6.45) is 1.67. The number of benzene rings is 1. The van der Waals surface area contributed by atoms with Gasteiger partial charge in [-0.15, -0.1) is 0 Å². The second-order valence-electron chi connectivity index (χ2n) is 4.51. The van der Waals surface area contributed by atoms with Crippen LogP contribution in [0.3, 0.4) is 0 Å². The lowest BCUT2D eigenvalue weighted by Crippen LogP contribution is -2.00. The molecule has 6 heteroatoms. The molecule has 0 atom stereocenters. The summed E-state index contributed by atoms with van der Waals surface area (Å²) in [7, 11) is 3.40. The lowest BCUT2D eigenvalue weighted by Gasteiger charge is -2.09. The van der Waals surface area contributed by atoms with Crippen molar-refractivity contribution < 1.29 is 4.74 Å². The number of rotatable bonds is 3. The Kier molecular flexibility index (Phi) is 3.27. The van der Waals surface area contributed by atoms with E-state index in [1.165, 1.54) is 0 Å². The number of hydrogen-bond acceptors (Lipinski definition) is 6. The van der Waals surface area contributed by atoms with E-state index >= 15 is 0 Å². The molecule has 3 aromatic rings. The SMILES string of the molecule is CNc1nc(-c2ccnc(OC)c2)nc2cc(N)ccc12. The minimum atomic E-state index is 0.523. The van der Waals surface area contributed by atoms with Gasteiger partial charge in [0.05, 0.1) is 12.6 Å². The molecular weight excluding hydrogens is 266 g/mol. The maximum atomic E-state index is 5.84. The van der Waals surface area contributed by atoms with Crippen LogP contribution in [0, 0.1) is 0 Å². The summed E-state index contributed by atoms with van der Waals surface area (Å²) in [5.41, 5.74) is 8.13. The Balaban J connectivity index is 2.22. The summed E-state index contributed by atoms with van der Waals surface area (Å²) >= 11 is 0. The third-order valence-electron chi connectivity index (χ3n) is 3.16. The topological polar surface area (TPSA) is 86.0 Å². The van der Waals surface area contributed by atoms with E-state index in [2.05, 4.69) is 20.3 Å². The van der Waals surface area contributed by atoms with Crippen molar-refractivity contribution in [2.24, 2.45) is 0 Å². The van der Waals surface area contributed by atoms with Gasteiger partial charge in [0.25, 0.3) is 0 Å². The lowest BCUT2D eigenvalue weighted by molar-refractivity contribution is 0.398. The summed E-state index contributed by atoms with van der Waals surface area (Å²) in [4.78, 5) is 13.2. The van der Waals surface area contributed by atoms with Crippen molar-refractivity contribution in [2.75, 3.05) is 25.2 Å². The molecule has 0 saturated carbocycles. The molecule has 0 aliphatic carbocycles. The molecule has 2 heterocycles. The second-order valence-corrected chi connectivity index (χ2v) is 4.51. The van der Waals surface area contributed by atoms with Crippen LogP contribution in [0.15, 0.2) is 36.5 Å². The van der Waals surface area contributed by atoms with Gasteiger partial charge in [0.2, 0.25) is 5.88 Å². The predicted octanol–water partition coefficient (Wildman–Crippen LogP) is 2.32. The molecule has 0 aliphatic rings. The normalized spacial score (nSPS) is 10.6. The van der Waals surface area contributed by atoms with Crippen molar-refractivity contribution in [2.45, 2.75) is 0 Å². The highest BCUT2D eigenvalue weighted by molar-refractivity contribution is 5.92. The number of nitrogens with two attached hydrogens (primary N) is 1. The number of nitrogens with one attached hydrogen (secondary N) is 1. The Labute approximate surface area is 122 Å². The Morgan fingerprint density at radius 2 is 2.00 bits per heavy atom. The second kappa shape index (κ2) is 5.24. The maximum absolute atomic E-state index is 5.84. The van der Waals surface area contributed by atoms with Crippen molar-refractivity contribution >= 4 is 22.4 Å². The third-order valence-corrected chi connectivity index (χ3v) is 3.16. The van der Waals surface area contributed by atoms with Gasteiger partial charge in [-0.3, -0.25) is 0 Å². The number of pyridine rings is 1. The van der Waals surface area contributed by atoms with Crippen molar-refractivity contribution in [1.29, 1.82) is 0 Å². The number of ether oxygens (including phenoxy) is 1. The first-order valence-electron chi connectivity index (χ1n) is 6.46. The molecule has 0 saturated heterocycles. The predicted molar refractivity (Wildman–Crippen MR) is 83.3 cm³/mol. The van der Waals surface area contributed by atoms with E-state index in [1.54, 1.807) is 19.4 Å². The fourth-order valence-corrected chi connectivity index (χ4v) is 2.13. The molecule has 0 bridgehead atoms. The van der Waals surface area contributed by atoms with Gasteiger partial charge in [-0.25, -0.2) is 15.0 Å². The van der Waals surface area contributed by atoms with Gasteiger partial charge in [0, 0.05) is 35.9 Å². The minimum absolute atomic E-state index is 0.523. The van der Waals surface area contributed by atoms with Gasteiger partial charge in [0.1, 0.15) is 5.82 Å². The molecule has 3 rings (SSSR count). The van der Waals surface area contributed by atoms with E-state index in [-0.39, 0.29) is 0 Å². The van der Waals surface area contributed by atoms with Crippen molar-refractivity contribution in [3.05, 3.63) is 36.5 Å². The summed E-state index contributed by atoms with van der Waals surface area (Å²) in [5.74, 6) is 1.87. The standard InChI is InChI=1S/C15H15N5O/c1-17-15-11-4-3-10(16)8-12(11)19-14(20-15)9-5-6-18-13(7-9)21-2/h3-8H,16H2,1-2H3,(H,17,19,20). The first-order chi connectivity index (χ1) is 10.2. The van der Waals surface area contributed by atoms with Crippen LogP contribution in [-0.2, 0) is 0 Å². The van der Waals surface area contributed by atoms with Gasteiger partial charge in [-0.05, 0) is 24.3 Å². The van der Waals surface area contributed by atoms with E-state index in [9.17, 15) is 0 Å². The number of fused-ring (bicyclic) bond motifs is 1. The van der Waals surface area contributed by atoms with E-state index in [1.807, 2.05) is 31.3 Å². The van der Waals surface area contributed by atoms with Gasteiger partial charge < -0.3 is 15.8 Å². The van der Waals surface area contributed by atoms with E-state index in [0.29, 0.717) is 17.4 Å². The molecule has 3 N–H and O–H groups in total. The first-order valence-corrected chi connectivity index (χ1v) is 6.46. The van der Waals surface area contributed by atoms with E-state index < -0.39 is 0 Å². The number of nitrogen functional groups attached to an aromatic ring is 1. The van der Waals surface area contributed by atoms with Crippen LogP contribution >= 0.6 is 0 Å². The summed E-state index contributed by atoms with van der Waals surface area (Å²) in [6.45, 7) is 0. The quantitative estimate of drug-likeness (QED) is 0.717. The van der Waals surface area contributed by atoms with E-state index in [4.69, 9.17) is 10.5 Å². The Bertz CT molecular complexity index is 803. The van der Waals surface area contributed by atoms with Crippen molar-refractivity contribution in [1.82, 2.24) is 15.0 Å². The van der Waals surface area contributed by atoms with E-state index in [0.717, 1.165) is 22.3 Å². The van der Waals surface area contributed by atoms with Crippen LogP contribution in [0.1, 0.15) is 0 Å². The molecule has 0 amide bonds. The third kappa shape index (κ3) is 2.43. The highest BCUT2D eigenvalue weighted by atomic mass is 16.5.